The van der Waals surface area contributed by atoms with E-state index < -0.39 is 117 Å². The Morgan fingerprint density at radius 1 is 0.717 bits per heavy atom. The number of pyridine rings is 1. The van der Waals surface area contributed by atoms with Gasteiger partial charge in [-0.1, -0.05) is 0 Å². The van der Waals surface area contributed by atoms with E-state index in [1.165, 1.54) is 22.9 Å². The fourth-order valence-corrected chi connectivity index (χ4v) is 8.81. The zero-order valence-electron chi connectivity index (χ0n) is 29.6. The Morgan fingerprint density at radius 3 is 1.90 bits per heavy atom. The molecule has 4 aromatic rings. The van der Waals surface area contributed by atoms with Gasteiger partial charge in [-0.25, -0.2) is 22.1 Å². The van der Waals surface area contributed by atoms with E-state index in [1.54, 1.807) is 6.20 Å². The highest BCUT2D eigenvalue weighted by Gasteiger charge is 2.27. The maximum atomic E-state index is 12.5. The minimum absolute atomic E-state index is 0.0704. The molecule has 1 aromatic heterocycles. The number of carbonyl (C=O) groups is 1. The minimum Gasteiger partial charge on any atom is -0.396 e. The second kappa shape index (κ2) is 18.7. The zero-order chi connectivity index (χ0) is 44.8. The normalized spacial score (nSPS) is 13.0. The molecule has 3 aromatic carbocycles. The monoisotopic (exact) mass is 957 g/mol. The van der Waals surface area contributed by atoms with Crippen molar-refractivity contribution in [1.82, 2.24) is 0 Å². The van der Waals surface area contributed by atoms with E-state index >= 15 is 0 Å². The fourth-order valence-electron chi connectivity index (χ4n) is 4.50. The summed E-state index contributed by atoms with van der Waals surface area (Å²) in [5.41, 5.74) is 13.5. The average Bonchev–Trinajstić information content (AvgIpc) is 3.12. The first-order valence-electron chi connectivity index (χ1n) is 15.5. The van der Waals surface area contributed by atoms with Gasteiger partial charge in [-0.05, 0) is 48.5 Å². The molecular weight excluding hydrogens is 929 g/mol. The van der Waals surface area contributed by atoms with E-state index in [0.717, 1.165) is 24.3 Å². The average molecular weight is 958 g/mol. The van der Waals surface area contributed by atoms with Crippen molar-refractivity contribution in [3.8, 4) is 0 Å². The van der Waals surface area contributed by atoms with Crippen molar-refractivity contribution in [2.45, 2.75) is 31.0 Å². The summed E-state index contributed by atoms with van der Waals surface area (Å²) < 4.78 is 169. The highest BCUT2D eigenvalue weighted by atomic mass is 32.3. The number of benzene rings is 3. The smallest absolute Gasteiger partial charge is 0.396 e. The number of primary amides is 1. The summed E-state index contributed by atoms with van der Waals surface area (Å²) in [6.07, 6.45) is 2.95. The summed E-state index contributed by atoms with van der Waals surface area (Å²) in [5.74, 6) is -1.55. The molecular formula is C28H29N8O18S6+. The Hall–Kier alpha value is -5.10. The van der Waals surface area contributed by atoms with E-state index in [2.05, 4.69) is 24.6 Å². The van der Waals surface area contributed by atoms with Crippen molar-refractivity contribution in [3.05, 3.63) is 72.6 Å². The molecule has 324 valence electrons. The molecule has 0 unspecified atom stereocenters. The Labute approximate surface area is 344 Å². The summed E-state index contributed by atoms with van der Waals surface area (Å²) in [7, 11) is -24.8. The fraction of sp³-hybridized carbons (Fsp3) is 0.143. The Bertz CT molecular complexity index is 2950. The van der Waals surface area contributed by atoms with Crippen LogP contribution in [-0.4, -0.2) is 85.2 Å². The molecule has 0 aliphatic heterocycles. The lowest BCUT2D eigenvalue weighted by molar-refractivity contribution is -0.700. The number of anilines is 2. The molecule has 0 aliphatic rings. The quantitative estimate of drug-likeness (QED) is 0.0103. The first-order valence-corrected chi connectivity index (χ1v) is 23.6. The maximum Gasteiger partial charge on any atom is 0.397 e. The summed E-state index contributed by atoms with van der Waals surface area (Å²) in [4.78, 5) is 12.1. The lowest BCUT2D eigenvalue weighted by Gasteiger charge is -2.11. The molecule has 10 N–H and O–H groups in total. The van der Waals surface area contributed by atoms with E-state index in [9.17, 15) is 60.5 Å². The molecule has 0 saturated heterocycles. The standard InChI is InChI=1S/C28H28N8O18S6/c29-25-20(13-24(59(46,47)48)26(30)27(25)35-32-17-3-5-18(6-4-17)56(38,39)11-10-53-60(49,50)51)34-33-19-12-23(58(43,44)45)21(14-22(19)57(40,41)42)55-54-52-9-8-36-7-1-2-16(15-36)28(31)37/h1-7,12-15H,8-11H2,(H9-,29,30,31,32,33,37,40,41,42,43,44,45,46,47,48,49,50,51)/p+1. The molecule has 1 heterocycles. The van der Waals surface area contributed by atoms with Crippen molar-refractivity contribution < 1.29 is 83.1 Å². The predicted octanol–water partition coefficient (Wildman–Crippen LogP) is 2.06. The van der Waals surface area contributed by atoms with Crippen molar-refractivity contribution in [1.29, 1.82) is 0 Å². The van der Waals surface area contributed by atoms with Crippen molar-refractivity contribution in [2.75, 3.05) is 30.4 Å². The van der Waals surface area contributed by atoms with E-state index in [4.69, 9.17) is 31.0 Å². The highest BCUT2D eigenvalue weighted by Crippen LogP contribution is 2.44. The van der Waals surface area contributed by atoms with Crippen LogP contribution >= 0.6 is 12.0 Å². The SMILES string of the molecule is NC(=O)c1ccc[n+](CCOOSc2cc(S(=O)(=O)O)c(N=Nc3cc(S(=O)(=O)O)c(N)c(N=Nc4ccc(S(=O)(=O)CCOS(=O)(=O)O)cc4)c3N)cc2S(=O)(=O)O)c1. The van der Waals surface area contributed by atoms with Gasteiger partial charge in [-0.2, -0.15) is 43.1 Å². The Morgan fingerprint density at radius 2 is 1.32 bits per heavy atom. The van der Waals surface area contributed by atoms with Crippen molar-refractivity contribution >= 4 is 103 Å². The van der Waals surface area contributed by atoms with Gasteiger partial charge in [0.15, 0.2) is 28.8 Å². The van der Waals surface area contributed by atoms with Gasteiger partial charge in [-0.15, -0.1) is 15.3 Å². The summed E-state index contributed by atoms with van der Waals surface area (Å²) >= 11 is 0.0836. The molecule has 0 radical (unpaired) electrons. The van der Waals surface area contributed by atoms with Gasteiger partial charge >= 0.3 is 10.4 Å². The molecule has 1 amide bonds. The van der Waals surface area contributed by atoms with Gasteiger partial charge in [0.25, 0.3) is 36.3 Å². The van der Waals surface area contributed by atoms with Crippen LogP contribution in [0.4, 0.5) is 34.1 Å². The highest BCUT2D eigenvalue weighted by molar-refractivity contribution is 7.95. The zero-order valence-corrected chi connectivity index (χ0v) is 34.5. The number of carbonyl (C=O) groups excluding carboxylic acids is 1. The van der Waals surface area contributed by atoms with Crippen LogP contribution in [-0.2, 0) is 70.5 Å². The number of nitrogens with zero attached hydrogens (tertiary/aromatic N) is 5. The van der Waals surface area contributed by atoms with Crippen LogP contribution in [0.3, 0.4) is 0 Å². The lowest BCUT2D eigenvalue weighted by Crippen LogP contribution is -2.36. The molecule has 32 heteroatoms. The van der Waals surface area contributed by atoms with Crippen LogP contribution < -0.4 is 21.8 Å². The van der Waals surface area contributed by atoms with Gasteiger partial charge in [0.05, 0.1) is 51.3 Å². The summed E-state index contributed by atoms with van der Waals surface area (Å²) in [6.45, 7) is -1.07. The maximum absolute atomic E-state index is 12.5. The van der Waals surface area contributed by atoms with Crippen LogP contribution in [0.25, 0.3) is 0 Å². The number of sulfone groups is 1. The van der Waals surface area contributed by atoms with Gasteiger partial charge in [0, 0.05) is 6.07 Å². The van der Waals surface area contributed by atoms with E-state index in [-0.39, 0.29) is 41.3 Å². The van der Waals surface area contributed by atoms with Crippen LogP contribution in [0, 0.1) is 0 Å². The molecule has 0 bridgehead atoms. The molecule has 4 rings (SSSR count). The molecule has 26 nitrogen and oxygen atoms in total. The lowest BCUT2D eigenvalue weighted by atomic mass is 10.2. The van der Waals surface area contributed by atoms with Crippen molar-refractivity contribution in [3.63, 3.8) is 0 Å². The molecule has 0 aliphatic carbocycles. The van der Waals surface area contributed by atoms with Gasteiger partial charge in [0.2, 0.25) is 0 Å². The number of hydrogen-bond donors (Lipinski definition) is 7. The Balaban J connectivity index is 1.67. The van der Waals surface area contributed by atoms with Crippen LogP contribution in [0.5, 0.6) is 0 Å². The van der Waals surface area contributed by atoms with Crippen LogP contribution in [0.1, 0.15) is 10.4 Å². The number of aromatic nitrogens is 1. The Kier molecular flexibility index (Phi) is 14.8. The summed E-state index contributed by atoms with van der Waals surface area (Å²) in [5, 5.41) is 14.8. The minimum atomic E-state index is -5.30. The number of amides is 1. The number of nitrogen functional groups attached to an aromatic ring is 2. The molecule has 0 atom stereocenters. The number of hydrogen-bond acceptors (Lipinski definition) is 21. The topological polar surface area (TPSA) is 428 Å². The van der Waals surface area contributed by atoms with Crippen LogP contribution in [0.15, 0.2) is 112 Å². The molecule has 60 heavy (non-hydrogen) atoms. The molecule has 0 saturated carbocycles. The number of nitrogens with two attached hydrogens (primary N) is 3. The van der Waals surface area contributed by atoms with Crippen LogP contribution in [0.2, 0.25) is 0 Å². The number of rotatable bonds is 19. The second-order valence-corrected chi connectivity index (χ2v) is 19.5. The molecule has 0 spiro atoms. The van der Waals surface area contributed by atoms with Gasteiger partial charge in [-0.3, -0.25) is 23.0 Å². The van der Waals surface area contributed by atoms with Gasteiger partial charge in [0.1, 0.15) is 43.9 Å². The van der Waals surface area contributed by atoms with Gasteiger partial charge < -0.3 is 17.2 Å². The third kappa shape index (κ3) is 12.9. The summed E-state index contributed by atoms with van der Waals surface area (Å²) in [6, 6.07) is 8.69. The largest absolute Gasteiger partial charge is 0.397 e. The third-order valence-corrected chi connectivity index (χ3v) is 12.9. The first-order chi connectivity index (χ1) is 27.7. The van der Waals surface area contributed by atoms with E-state index in [0.29, 0.717) is 18.2 Å². The molecule has 0 fully saturated rings. The number of azo groups is 2. The third-order valence-electron chi connectivity index (χ3n) is 7.24. The van der Waals surface area contributed by atoms with Crippen molar-refractivity contribution in [2.24, 2.45) is 26.2 Å². The van der Waals surface area contributed by atoms with E-state index in [1.807, 2.05) is 0 Å². The predicted molar refractivity (Wildman–Crippen MR) is 204 cm³/mol. The second-order valence-electron chi connectivity index (χ2n) is 11.4. The first kappa shape index (κ1) is 47.6.